The first-order valence-electron chi connectivity index (χ1n) is 8.33. The van der Waals surface area contributed by atoms with Crippen LogP contribution in [0.4, 0.5) is 4.79 Å². The number of rotatable bonds is 5. The van der Waals surface area contributed by atoms with E-state index in [0.717, 1.165) is 36.9 Å². The molecule has 1 heterocycles. The van der Waals surface area contributed by atoms with E-state index in [1.807, 2.05) is 24.3 Å². The molecule has 0 unspecified atom stereocenters. The third kappa shape index (κ3) is 4.32. The molecule has 128 valence electrons. The van der Waals surface area contributed by atoms with Gasteiger partial charge >= 0.3 is 6.03 Å². The van der Waals surface area contributed by atoms with Crippen molar-refractivity contribution in [3.05, 3.63) is 42.5 Å². The summed E-state index contributed by atoms with van der Waals surface area (Å²) in [5, 5.41) is 20.0. The number of nitrogens with one attached hydrogen (secondary N) is 2. The Kier molecular flexibility index (Phi) is 5.10. The van der Waals surface area contributed by atoms with Crippen molar-refractivity contribution in [2.75, 3.05) is 6.54 Å². The highest BCUT2D eigenvalue weighted by Crippen LogP contribution is 2.27. The second kappa shape index (κ2) is 7.44. The molecule has 0 saturated heterocycles. The van der Waals surface area contributed by atoms with Crippen molar-refractivity contribution >= 4 is 6.03 Å². The van der Waals surface area contributed by atoms with E-state index in [9.17, 15) is 9.90 Å². The minimum atomic E-state index is -0.741. The monoisotopic (exact) mass is 329 g/mol. The number of hydrogen-bond donors (Lipinski definition) is 3. The fourth-order valence-corrected chi connectivity index (χ4v) is 2.98. The topological polar surface area (TPSA) is 92.1 Å². The number of aromatic nitrogens is 3. The fourth-order valence-electron chi connectivity index (χ4n) is 2.98. The summed E-state index contributed by atoms with van der Waals surface area (Å²) in [5.74, 6) is 0. The molecule has 3 N–H and O–H groups in total. The minimum absolute atomic E-state index is 0.255. The van der Waals surface area contributed by atoms with Crippen molar-refractivity contribution in [3.63, 3.8) is 0 Å². The number of nitrogens with zero attached hydrogens (tertiary/aromatic N) is 3. The molecule has 1 saturated carbocycles. The Bertz CT molecular complexity index is 648. The van der Waals surface area contributed by atoms with Crippen LogP contribution in [0.25, 0.3) is 5.69 Å². The summed E-state index contributed by atoms with van der Waals surface area (Å²) in [7, 11) is 0. The summed E-state index contributed by atoms with van der Waals surface area (Å²) < 4.78 is 1.68. The van der Waals surface area contributed by atoms with Crippen LogP contribution in [0, 0.1) is 0 Å². The van der Waals surface area contributed by atoms with E-state index in [1.54, 1.807) is 11.0 Å². The lowest BCUT2D eigenvalue weighted by Gasteiger charge is -2.32. The molecular formula is C17H23N5O2. The first-order chi connectivity index (χ1) is 11.6. The molecule has 2 aromatic rings. The van der Waals surface area contributed by atoms with Gasteiger partial charge in [0.1, 0.15) is 12.7 Å². The summed E-state index contributed by atoms with van der Waals surface area (Å²) in [5.41, 5.74) is 1.17. The predicted molar refractivity (Wildman–Crippen MR) is 89.6 cm³/mol. The Hall–Kier alpha value is -2.41. The summed E-state index contributed by atoms with van der Waals surface area (Å²) in [6.45, 7) is 0.742. The van der Waals surface area contributed by atoms with Gasteiger partial charge in [0.2, 0.25) is 0 Å². The molecule has 2 amide bonds. The molecule has 0 aliphatic heterocycles. The van der Waals surface area contributed by atoms with Crippen molar-refractivity contribution in [2.24, 2.45) is 0 Å². The van der Waals surface area contributed by atoms with Gasteiger partial charge in [-0.1, -0.05) is 31.4 Å². The van der Waals surface area contributed by atoms with Gasteiger partial charge in [-0.2, -0.15) is 5.10 Å². The molecule has 0 spiro atoms. The van der Waals surface area contributed by atoms with Crippen molar-refractivity contribution in [1.82, 2.24) is 25.4 Å². The molecular weight excluding hydrogens is 306 g/mol. The summed E-state index contributed by atoms with van der Waals surface area (Å²) in [4.78, 5) is 15.8. The molecule has 3 rings (SSSR count). The average Bonchev–Trinajstić information content (AvgIpc) is 3.14. The SMILES string of the molecule is O=C(NCc1ccc(-n2cncn2)cc1)NCC1(O)CCCCC1. The van der Waals surface area contributed by atoms with Crippen molar-refractivity contribution in [1.29, 1.82) is 0 Å². The lowest BCUT2D eigenvalue weighted by atomic mass is 9.85. The minimum Gasteiger partial charge on any atom is -0.388 e. The molecule has 1 aliphatic carbocycles. The van der Waals surface area contributed by atoms with Crippen LogP contribution in [-0.4, -0.2) is 38.0 Å². The quantitative estimate of drug-likeness (QED) is 0.779. The van der Waals surface area contributed by atoms with Gasteiger partial charge in [0.15, 0.2) is 0 Å². The van der Waals surface area contributed by atoms with Gasteiger partial charge in [0.05, 0.1) is 11.3 Å². The zero-order valence-corrected chi connectivity index (χ0v) is 13.6. The normalized spacial score (nSPS) is 16.5. The van der Waals surface area contributed by atoms with E-state index in [4.69, 9.17) is 0 Å². The first kappa shape index (κ1) is 16.4. The zero-order valence-electron chi connectivity index (χ0n) is 13.6. The number of carbonyl (C=O) groups is 1. The summed E-state index contributed by atoms with van der Waals surface area (Å²) >= 11 is 0. The van der Waals surface area contributed by atoms with Crippen molar-refractivity contribution in [2.45, 2.75) is 44.2 Å². The van der Waals surface area contributed by atoms with Crippen LogP contribution < -0.4 is 10.6 Å². The third-order valence-corrected chi connectivity index (χ3v) is 4.43. The van der Waals surface area contributed by atoms with Crippen molar-refractivity contribution < 1.29 is 9.90 Å². The molecule has 0 atom stereocenters. The predicted octanol–water partition coefficient (Wildman–Crippen LogP) is 1.76. The Labute approximate surface area is 141 Å². The Balaban J connectivity index is 1.44. The van der Waals surface area contributed by atoms with Crippen LogP contribution in [0.3, 0.4) is 0 Å². The van der Waals surface area contributed by atoms with Crippen LogP contribution in [0.5, 0.6) is 0 Å². The highest BCUT2D eigenvalue weighted by atomic mass is 16.3. The fraction of sp³-hybridized carbons (Fsp3) is 0.471. The number of carbonyl (C=O) groups excluding carboxylic acids is 1. The highest BCUT2D eigenvalue weighted by Gasteiger charge is 2.29. The molecule has 0 radical (unpaired) electrons. The van der Waals surface area contributed by atoms with E-state index >= 15 is 0 Å². The molecule has 1 aromatic carbocycles. The number of urea groups is 1. The first-order valence-corrected chi connectivity index (χ1v) is 8.33. The van der Waals surface area contributed by atoms with Gasteiger partial charge in [-0.25, -0.2) is 14.5 Å². The molecule has 0 bridgehead atoms. The number of hydrogen-bond acceptors (Lipinski definition) is 4. The average molecular weight is 329 g/mol. The molecule has 7 nitrogen and oxygen atoms in total. The maximum atomic E-state index is 11.9. The molecule has 1 aliphatic rings. The third-order valence-electron chi connectivity index (χ3n) is 4.43. The second-order valence-corrected chi connectivity index (χ2v) is 6.33. The second-order valence-electron chi connectivity index (χ2n) is 6.33. The smallest absolute Gasteiger partial charge is 0.315 e. The van der Waals surface area contributed by atoms with E-state index in [0.29, 0.717) is 13.1 Å². The Morgan fingerprint density at radius 1 is 1.17 bits per heavy atom. The number of benzene rings is 1. The Morgan fingerprint density at radius 3 is 2.58 bits per heavy atom. The maximum absolute atomic E-state index is 11.9. The van der Waals surface area contributed by atoms with Crippen LogP contribution in [0.1, 0.15) is 37.7 Å². The van der Waals surface area contributed by atoms with Gasteiger partial charge in [0, 0.05) is 13.1 Å². The van der Waals surface area contributed by atoms with Crippen LogP contribution in [0.15, 0.2) is 36.9 Å². The highest BCUT2D eigenvalue weighted by molar-refractivity contribution is 5.73. The lowest BCUT2D eigenvalue weighted by Crippen LogP contribution is -2.47. The van der Waals surface area contributed by atoms with Crippen LogP contribution in [0.2, 0.25) is 0 Å². The van der Waals surface area contributed by atoms with E-state index < -0.39 is 5.60 Å². The van der Waals surface area contributed by atoms with Gasteiger partial charge in [0.25, 0.3) is 0 Å². The Morgan fingerprint density at radius 2 is 1.92 bits per heavy atom. The number of amides is 2. The lowest BCUT2D eigenvalue weighted by molar-refractivity contribution is 0.00719. The van der Waals surface area contributed by atoms with Crippen LogP contribution >= 0.6 is 0 Å². The van der Waals surface area contributed by atoms with Gasteiger partial charge in [-0.3, -0.25) is 0 Å². The molecule has 24 heavy (non-hydrogen) atoms. The molecule has 1 aromatic heterocycles. The molecule has 7 heteroatoms. The van der Waals surface area contributed by atoms with Gasteiger partial charge in [-0.05, 0) is 30.5 Å². The van der Waals surface area contributed by atoms with E-state index in [-0.39, 0.29) is 6.03 Å². The number of aliphatic hydroxyl groups is 1. The summed E-state index contributed by atoms with van der Waals surface area (Å²) in [6, 6.07) is 7.47. The summed E-state index contributed by atoms with van der Waals surface area (Å²) in [6.07, 6.45) is 7.86. The van der Waals surface area contributed by atoms with Gasteiger partial charge in [-0.15, -0.1) is 0 Å². The van der Waals surface area contributed by atoms with Crippen molar-refractivity contribution in [3.8, 4) is 5.69 Å². The van der Waals surface area contributed by atoms with Crippen LogP contribution in [-0.2, 0) is 6.54 Å². The van der Waals surface area contributed by atoms with Gasteiger partial charge < -0.3 is 15.7 Å². The maximum Gasteiger partial charge on any atom is 0.315 e. The zero-order chi connectivity index (χ0) is 16.8. The van der Waals surface area contributed by atoms with E-state index in [1.165, 1.54) is 12.7 Å². The molecule has 1 fully saturated rings. The van der Waals surface area contributed by atoms with E-state index in [2.05, 4.69) is 20.7 Å². The largest absolute Gasteiger partial charge is 0.388 e. The standard InChI is InChI=1S/C17H23N5O2/c23-16(20-11-17(24)8-2-1-3-9-17)19-10-14-4-6-15(7-5-14)22-13-18-12-21-22/h4-7,12-13,24H,1-3,8-11H2,(H2,19,20,23).